The number of amides is 1. The van der Waals surface area contributed by atoms with Crippen LogP contribution in [0, 0.1) is 0 Å². The Morgan fingerprint density at radius 2 is 1.85 bits per heavy atom. The van der Waals surface area contributed by atoms with Gasteiger partial charge in [0.1, 0.15) is 11.5 Å². The number of benzene rings is 3. The van der Waals surface area contributed by atoms with Crippen molar-refractivity contribution in [3.05, 3.63) is 95.7 Å². The number of nitrogens with one attached hydrogen (secondary N) is 2. The standard InChI is InChI=1S/C29H27N3O2/c33-29(18-22-10-5-2-6-11-22)30-23-12-7-13-24(19-23)34-25-15-16-26-27(31-32-28(26)20-25)17-14-21-8-3-1-4-9-21/h1,3-4,7-10,12-17,19-20H,2,5-6,11,18H2,(H,30,33)(H,31,32)/b17-14+. The van der Waals surface area contributed by atoms with Gasteiger partial charge in [0.15, 0.2) is 0 Å². The van der Waals surface area contributed by atoms with E-state index in [-0.39, 0.29) is 5.91 Å². The molecule has 0 saturated carbocycles. The number of aromatic nitrogens is 2. The Kier molecular flexibility index (Phi) is 6.52. The zero-order chi connectivity index (χ0) is 23.2. The lowest BCUT2D eigenvalue weighted by Crippen LogP contribution is -2.13. The molecule has 2 N–H and O–H groups in total. The van der Waals surface area contributed by atoms with Crippen LogP contribution in [0.25, 0.3) is 23.1 Å². The van der Waals surface area contributed by atoms with E-state index in [4.69, 9.17) is 4.74 Å². The first-order chi connectivity index (χ1) is 16.7. The topological polar surface area (TPSA) is 67.0 Å². The SMILES string of the molecule is O=C(CC1=CCCCC1)Nc1cccc(Oc2ccc3c(/C=C/c4ccccc4)n[nH]c3c2)c1. The number of fused-ring (bicyclic) bond motifs is 1. The number of anilines is 1. The van der Waals surface area contributed by atoms with E-state index in [9.17, 15) is 4.79 Å². The highest BCUT2D eigenvalue weighted by atomic mass is 16.5. The van der Waals surface area contributed by atoms with E-state index in [1.54, 1.807) is 0 Å². The fourth-order valence-electron chi connectivity index (χ4n) is 4.20. The first kappa shape index (κ1) is 21.7. The monoisotopic (exact) mass is 449 g/mol. The van der Waals surface area contributed by atoms with Crippen LogP contribution in [0.5, 0.6) is 11.5 Å². The summed E-state index contributed by atoms with van der Waals surface area (Å²) in [4.78, 5) is 12.4. The van der Waals surface area contributed by atoms with Gasteiger partial charge in [-0.25, -0.2) is 0 Å². The number of H-pyrrole nitrogens is 1. The highest BCUT2D eigenvalue weighted by Crippen LogP contribution is 2.28. The van der Waals surface area contributed by atoms with Crippen LogP contribution in [0.4, 0.5) is 5.69 Å². The third-order valence-electron chi connectivity index (χ3n) is 5.92. The lowest BCUT2D eigenvalue weighted by atomic mass is 9.97. The van der Waals surface area contributed by atoms with Gasteiger partial charge in [-0.15, -0.1) is 0 Å². The number of hydrogen-bond acceptors (Lipinski definition) is 3. The minimum absolute atomic E-state index is 0.0141. The number of hydrogen-bond donors (Lipinski definition) is 2. The maximum Gasteiger partial charge on any atom is 0.228 e. The molecule has 0 bridgehead atoms. The molecule has 5 rings (SSSR count). The summed E-state index contributed by atoms with van der Waals surface area (Å²) in [5.74, 6) is 1.38. The Labute approximate surface area is 199 Å². The van der Waals surface area contributed by atoms with E-state index < -0.39 is 0 Å². The van der Waals surface area contributed by atoms with Gasteiger partial charge in [-0.3, -0.25) is 9.89 Å². The molecular formula is C29H27N3O2. The summed E-state index contributed by atoms with van der Waals surface area (Å²) in [6.45, 7) is 0. The van der Waals surface area contributed by atoms with Crippen LogP contribution in [-0.2, 0) is 4.79 Å². The lowest BCUT2D eigenvalue weighted by Gasteiger charge is -2.13. The van der Waals surface area contributed by atoms with Crippen molar-refractivity contribution in [1.29, 1.82) is 0 Å². The molecule has 0 fully saturated rings. The second-order valence-corrected chi connectivity index (χ2v) is 8.52. The molecule has 0 spiro atoms. The fraction of sp³-hybridized carbons (Fsp3) is 0.172. The second kappa shape index (κ2) is 10.2. The minimum Gasteiger partial charge on any atom is -0.457 e. The molecule has 0 unspecified atom stereocenters. The summed E-state index contributed by atoms with van der Waals surface area (Å²) in [6, 6.07) is 23.5. The predicted molar refractivity (Wildman–Crippen MR) is 138 cm³/mol. The molecule has 0 atom stereocenters. The van der Waals surface area contributed by atoms with Crippen molar-refractivity contribution in [1.82, 2.24) is 10.2 Å². The summed E-state index contributed by atoms with van der Waals surface area (Å²) < 4.78 is 6.07. The molecule has 0 saturated heterocycles. The highest BCUT2D eigenvalue weighted by molar-refractivity contribution is 5.92. The largest absolute Gasteiger partial charge is 0.457 e. The van der Waals surface area contributed by atoms with Gasteiger partial charge in [0, 0.05) is 29.6 Å². The molecule has 1 heterocycles. The molecule has 4 aromatic rings. The number of nitrogens with zero attached hydrogens (tertiary/aromatic N) is 1. The zero-order valence-electron chi connectivity index (χ0n) is 19.0. The molecule has 0 aliphatic heterocycles. The number of ether oxygens (including phenoxy) is 1. The molecule has 0 radical (unpaired) electrons. The van der Waals surface area contributed by atoms with E-state index in [0.29, 0.717) is 17.9 Å². The van der Waals surface area contributed by atoms with Crippen LogP contribution in [0.1, 0.15) is 43.4 Å². The maximum atomic E-state index is 12.4. The van der Waals surface area contributed by atoms with Crippen molar-refractivity contribution < 1.29 is 9.53 Å². The van der Waals surface area contributed by atoms with Gasteiger partial charge in [0.25, 0.3) is 0 Å². The predicted octanol–water partition coefficient (Wildman–Crippen LogP) is 7.35. The zero-order valence-corrected chi connectivity index (χ0v) is 19.0. The average molecular weight is 450 g/mol. The summed E-state index contributed by atoms with van der Waals surface area (Å²) in [5, 5.41) is 11.5. The quantitative estimate of drug-likeness (QED) is 0.290. The molecular weight excluding hydrogens is 422 g/mol. The van der Waals surface area contributed by atoms with Crippen molar-refractivity contribution in [2.24, 2.45) is 0 Å². The van der Waals surface area contributed by atoms with Crippen molar-refractivity contribution >= 4 is 34.6 Å². The van der Waals surface area contributed by atoms with Crippen LogP contribution in [0.3, 0.4) is 0 Å². The Balaban J connectivity index is 1.25. The molecule has 1 amide bonds. The first-order valence-corrected chi connectivity index (χ1v) is 11.7. The van der Waals surface area contributed by atoms with Crippen molar-refractivity contribution in [2.45, 2.75) is 32.1 Å². The van der Waals surface area contributed by atoms with Gasteiger partial charge in [-0.05, 0) is 61.6 Å². The number of carbonyl (C=O) groups is 1. The normalized spacial score (nSPS) is 13.7. The van der Waals surface area contributed by atoms with Gasteiger partial charge in [-0.1, -0.05) is 54.1 Å². The van der Waals surface area contributed by atoms with Gasteiger partial charge in [0.2, 0.25) is 5.91 Å². The molecule has 5 nitrogen and oxygen atoms in total. The third kappa shape index (κ3) is 5.44. The Hall–Kier alpha value is -4.12. The highest BCUT2D eigenvalue weighted by Gasteiger charge is 2.10. The van der Waals surface area contributed by atoms with E-state index in [0.717, 1.165) is 40.7 Å². The number of aromatic amines is 1. The molecule has 1 aliphatic carbocycles. The smallest absolute Gasteiger partial charge is 0.228 e. The molecule has 1 aromatic heterocycles. The third-order valence-corrected chi connectivity index (χ3v) is 5.92. The number of rotatable bonds is 7. The fourth-order valence-corrected chi connectivity index (χ4v) is 4.20. The van der Waals surface area contributed by atoms with E-state index in [1.807, 2.05) is 72.8 Å². The van der Waals surface area contributed by atoms with Crippen LogP contribution in [0.2, 0.25) is 0 Å². The van der Waals surface area contributed by atoms with E-state index >= 15 is 0 Å². The summed E-state index contributed by atoms with van der Waals surface area (Å²) in [6.07, 6.45) is 11.2. The molecule has 34 heavy (non-hydrogen) atoms. The van der Waals surface area contributed by atoms with Gasteiger partial charge < -0.3 is 10.1 Å². The summed E-state index contributed by atoms with van der Waals surface area (Å²) in [5.41, 5.74) is 4.87. The van der Waals surface area contributed by atoms with Gasteiger partial charge >= 0.3 is 0 Å². The summed E-state index contributed by atoms with van der Waals surface area (Å²) in [7, 11) is 0. The second-order valence-electron chi connectivity index (χ2n) is 8.52. The Morgan fingerprint density at radius 3 is 2.71 bits per heavy atom. The Bertz CT molecular complexity index is 1350. The van der Waals surface area contributed by atoms with E-state index in [2.05, 4.69) is 33.7 Å². The van der Waals surface area contributed by atoms with Crippen LogP contribution >= 0.6 is 0 Å². The van der Waals surface area contributed by atoms with Crippen LogP contribution < -0.4 is 10.1 Å². The van der Waals surface area contributed by atoms with Crippen LogP contribution in [0.15, 0.2) is 84.4 Å². The average Bonchev–Trinajstić information content (AvgIpc) is 3.26. The molecule has 170 valence electrons. The number of carbonyl (C=O) groups excluding carboxylic acids is 1. The minimum atomic E-state index is 0.0141. The van der Waals surface area contributed by atoms with E-state index in [1.165, 1.54) is 18.4 Å². The molecule has 1 aliphatic rings. The first-order valence-electron chi connectivity index (χ1n) is 11.7. The molecule has 3 aromatic carbocycles. The van der Waals surface area contributed by atoms with Crippen molar-refractivity contribution in [3.63, 3.8) is 0 Å². The number of allylic oxidation sites excluding steroid dienone is 1. The Morgan fingerprint density at radius 1 is 0.971 bits per heavy atom. The van der Waals surface area contributed by atoms with Gasteiger partial charge in [-0.2, -0.15) is 5.10 Å². The lowest BCUT2D eigenvalue weighted by molar-refractivity contribution is -0.115. The van der Waals surface area contributed by atoms with Crippen molar-refractivity contribution in [2.75, 3.05) is 5.32 Å². The maximum absolute atomic E-state index is 12.4. The summed E-state index contributed by atoms with van der Waals surface area (Å²) >= 11 is 0. The van der Waals surface area contributed by atoms with Gasteiger partial charge in [0.05, 0.1) is 11.2 Å². The van der Waals surface area contributed by atoms with Crippen LogP contribution in [-0.4, -0.2) is 16.1 Å². The molecule has 5 heteroatoms. The van der Waals surface area contributed by atoms with Crippen molar-refractivity contribution in [3.8, 4) is 11.5 Å².